The fraction of sp³-hybridized carbons (Fsp3) is 0.429. The molecule has 0 aliphatic heterocycles. The minimum Gasteiger partial charge on any atom is -0.397 e. The number of amides is 2. The Morgan fingerprint density at radius 1 is 1.29 bits per heavy atom. The second kappa shape index (κ2) is 7.85. The van der Waals surface area contributed by atoms with Gasteiger partial charge in [0.1, 0.15) is 0 Å². The van der Waals surface area contributed by atoms with Crippen LogP contribution in [0.25, 0.3) is 0 Å². The maximum absolute atomic E-state index is 12.0. The van der Waals surface area contributed by atoms with Crippen LogP contribution in [-0.2, 0) is 9.59 Å². The van der Waals surface area contributed by atoms with Crippen molar-refractivity contribution in [3.8, 4) is 0 Å². The number of nitrogens with one attached hydrogen (secondary N) is 1. The molecule has 0 saturated carbocycles. The summed E-state index contributed by atoms with van der Waals surface area (Å²) in [7, 11) is 3.37. The summed E-state index contributed by atoms with van der Waals surface area (Å²) in [4.78, 5) is 26.9. The maximum atomic E-state index is 12.0. The number of rotatable bonds is 6. The van der Waals surface area contributed by atoms with Crippen LogP contribution in [-0.4, -0.2) is 55.3 Å². The lowest BCUT2D eigenvalue weighted by molar-refractivity contribution is -0.130. The third kappa shape index (κ3) is 5.61. The molecule has 0 aromatic heterocycles. The Kier molecular flexibility index (Phi) is 6.45. The van der Waals surface area contributed by atoms with Crippen molar-refractivity contribution in [1.29, 1.82) is 0 Å². The van der Waals surface area contributed by atoms with Crippen LogP contribution in [0.3, 0.4) is 0 Å². The lowest BCUT2D eigenvalue weighted by atomic mass is 10.2. The van der Waals surface area contributed by atoms with Gasteiger partial charge in [-0.25, -0.2) is 0 Å². The van der Waals surface area contributed by atoms with Gasteiger partial charge in [-0.3, -0.25) is 14.5 Å². The molecule has 0 bridgehead atoms. The predicted octanol–water partition coefficient (Wildman–Crippen LogP) is 1.27. The monoisotopic (exact) mass is 312 g/mol. The Morgan fingerprint density at radius 3 is 2.48 bits per heavy atom. The normalized spacial score (nSPS) is 10.5. The molecule has 7 heteroatoms. The van der Waals surface area contributed by atoms with E-state index in [1.54, 1.807) is 37.2 Å². The summed E-state index contributed by atoms with van der Waals surface area (Å²) in [5.41, 5.74) is 6.70. The zero-order valence-electron chi connectivity index (χ0n) is 12.5. The first kappa shape index (κ1) is 17.3. The van der Waals surface area contributed by atoms with Crippen LogP contribution in [0.5, 0.6) is 0 Å². The van der Waals surface area contributed by atoms with Gasteiger partial charge in [0.25, 0.3) is 0 Å². The van der Waals surface area contributed by atoms with Crippen molar-refractivity contribution >= 4 is 34.8 Å². The molecule has 1 aromatic carbocycles. The molecular formula is C14H21ClN4O2. The van der Waals surface area contributed by atoms with Crippen LogP contribution < -0.4 is 11.1 Å². The van der Waals surface area contributed by atoms with E-state index in [9.17, 15) is 9.59 Å². The van der Waals surface area contributed by atoms with Gasteiger partial charge in [-0.15, -0.1) is 0 Å². The number of benzene rings is 1. The fourth-order valence-corrected chi connectivity index (χ4v) is 1.83. The smallest absolute Gasteiger partial charge is 0.238 e. The zero-order chi connectivity index (χ0) is 16.0. The number of carbonyl (C=O) groups is 2. The van der Waals surface area contributed by atoms with Crippen molar-refractivity contribution in [3.05, 3.63) is 23.2 Å². The summed E-state index contributed by atoms with van der Waals surface area (Å²) < 4.78 is 0. The zero-order valence-corrected chi connectivity index (χ0v) is 13.3. The van der Waals surface area contributed by atoms with Gasteiger partial charge in [-0.05, 0) is 24.7 Å². The third-order valence-corrected chi connectivity index (χ3v) is 3.19. The second-order valence-electron chi connectivity index (χ2n) is 4.87. The highest BCUT2D eigenvalue weighted by atomic mass is 35.5. The average Bonchev–Trinajstić information content (AvgIpc) is 2.40. The second-order valence-corrected chi connectivity index (χ2v) is 5.31. The molecular weight excluding hydrogens is 292 g/mol. The standard InChI is InChI=1S/C14H21ClN4O2/c1-4-19(9-14(21)18(2)3)8-13(20)17-12-6-5-10(15)7-11(12)16/h5-7H,4,8-9,16H2,1-3H3,(H,17,20). The van der Waals surface area contributed by atoms with E-state index in [0.29, 0.717) is 22.9 Å². The van der Waals surface area contributed by atoms with Crippen molar-refractivity contribution in [3.63, 3.8) is 0 Å². The summed E-state index contributed by atoms with van der Waals surface area (Å²) in [5, 5.41) is 3.23. The number of nitrogen functional groups attached to an aromatic ring is 1. The Balaban J connectivity index is 2.60. The number of hydrogen-bond acceptors (Lipinski definition) is 4. The summed E-state index contributed by atoms with van der Waals surface area (Å²) in [5.74, 6) is -0.270. The molecule has 0 unspecified atom stereocenters. The van der Waals surface area contributed by atoms with E-state index in [4.69, 9.17) is 17.3 Å². The van der Waals surface area contributed by atoms with Gasteiger partial charge in [0, 0.05) is 19.1 Å². The van der Waals surface area contributed by atoms with Gasteiger partial charge in [0.2, 0.25) is 11.8 Å². The Labute approximate surface area is 129 Å². The fourth-order valence-electron chi connectivity index (χ4n) is 1.65. The van der Waals surface area contributed by atoms with Gasteiger partial charge in [0.15, 0.2) is 0 Å². The Bertz CT molecular complexity index is 520. The lowest BCUT2D eigenvalue weighted by Crippen LogP contribution is -2.40. The van der Waals surface area contributed by atoms with Gasteiger partial charge < -0.3 is 16.0 Å². The molecule has 1 rings (SSSR count). The number of halogens is 1. The van der Waals surface area contributed by atoms with Gasteiger partial charge in [-0.1, -0.05) is 18.5 Å². The molecule has 0 saturated heterocycles. The predicted molar refractivity (Wildman–Crippen MR) is 85.3 cm³/mol. The molecule has 0 aliphatic carbocycles. The Hall–Kier alpha value is -1.79. The Morgan fingerprint density at radius 2 is 1.95 bits per heavy atom. The number of nitrogens with zero attached hydrogens (tertiary/aromatic N) is 2. The first-order chi connectivity index (χ1) is 9.83. The highest BCUT2D eigenvalue weighted by Gasteiger charge is 2.15. The molecule has 0 heterocycles. The molecule has 0 fully saturated rings. The largest absolute Gasteiger partial charge is 0.397 e. The molecule has 6 nitrogen and oxygen atoms in total. The molecule has 0 aliphatic rings. The number of anilines is 2. The maximum Gasteiger partial charge on any atom is 0.238 e. The quantitative estimate of drug-likeness (QED) is 0.775. The van der Waals surface area contributed by atoms with E-state index < -0.39 is 0 Å². The van der Waals surface area contributed by atoms with Crippen LogP contribution in [0.4, 0.5) is 11.4 Å². The van der Waals surface area contributed by atoms with Gasteiger partial charge in [0.05, 0.1) is 24.5 Å². The molecule has 116 valence electrons. The average molecular weight is 313 g/mol. The minimum absolute atomic E-state index is 0.0457. The molecule has 1 aromatic rings. The van der Waals surface area contributed by atoms with E-state index in [0.717, 1.165) is 0 Å². The number of nitrogens with two attached hydrogens (primary N) is 1. The minimum atomic E-state index is -0.225. The van der Waals surface area contributed by atoms with Crippen LogP contribution in [0.1, 0.15) is 6.92 Å². The van der Waals surface area contributed by atoms with E-state index in [-0.39, 0.29) is 24.9 Å². The summed E-state index contributed by atoms with van der Waals surface area (Å²) in [6, 6.07) is 4.88. The van der Waals surface area contributed by atoms with Crippen molar-refractivity contribution in [2.45, 2.75) is 6.92 Å². The van der Waals surface area contributed by atoms with E-state index >= 15 is 0 Å². The van der Waals surface area contributed by atoms with Crippen LogP contribution in [0.2, 0.25) is 5.02 Å². The van der Waals surface area contributed by atoms with Gasteiger partial charge in [-0.2, -0.15) is 0 Å². The number of hydrogen-bond donors (Lipinski definition) is 2. The van der Waals surface area contributed by atoms with E-state index in [2.05, 4.69) is 5.32 Å². The van der Waals surface area contributed by atoms with Gasteiger partial charge >= 0.3 is 0 Å². The van der Waals surface area contributed by atoms with Crippen LogP contribution in [0.15, 0.2) is 18.2 Å². The van der Waals surface area contributed by atoms with Crippen molar-refractivity contribution in [2.75, 3.05) is 44.8 Å². The van der Waals surface area contributed by atoms with Crippen molar-refractivity contribution in [1.82, 2.24) is 9.80 Å². The molecule has 0 spiro atoms. The highest BCUT2D eigenvalue weighted by Crippen LogP contribution is 2.22. The number of carbonyl (C=O) groups excluding carboxylic acids is 2. The number of likely N-dealkylation sites (N-methyl/N-ethyl adjacent to an activating group) is 2. The molecule has 3 N–H and O–H groups in total. The van der Waals surface area contributed by atoms with E-state index in [1.807, 2.05) is 6.92 Å². The molecule has 0 atom stereocenters. The first-order valence-electron chi connectivity index (χ1n) is 6.60. The lowest BCUT2D eigenvalue weighted by Gasteiger charge is -2.21. The van der Waals surface area contributed by atoms with Crippen molar-refractivity contribution in [2.24, 2.45) is 0 Å². The molecule has 2 amide bonds. The third-order valence-electron chi connectivity index (χ3n) is 2.96. The first-order valence-corrected chi connectivity index (χ1v) is 6.98. The summed E-state index contributed by atoms with van der Waals surface area (Å²) >= 11 is 5.80. The molecule has 21 heavy (non-hydrogen) atoms. The van der Waals surface area contributed by atoms with E-state index in [1.165, 1.54) is 4.90 Å². The highest BCUT2D eigenvalue weighted by molar-refractivity contribution is 6.31. The summed E-state index contributed by atoms with van der Waals surface area (Å²) in [6.45, 7) is 2.82. The van der Waals surface area contributed by atoms with Crippen LogP contribution in [0, 0.1) is 0 Å². The SMILES string of the molecule is CCN(CC(=O)Nc1ccc(Cl)cc1N)CC(=O)N(C)C. The molecule has 0 radical (unpaired) electrons. The van der Waals surface area contributed by atoms with Crippen LogP contribution >= 0.6 is 11.6 Å². The topological polar surface area (TPSA) is 78.7 Å². The van der Waals surface area contributed by atoms with Crippen molar-refractivity contribution < 1.29 is 9.59 Å². The summed E-state index contributed by atoms with van der Waals surface area (Å²) in [6.07, 6.45) is 0.